The number of sulfonamides is 1. The highest BCUT2D eigenvalue weighted by molar-refractivity contribution is 7.92. The van der Waals surface area contributed by atoms with Crippen molar-refractivity contribution in [2.45, 2.75) is 44.7 Å². The Hall–Kier alpha value is -3.43. The van der Waals surface area contributed by atoms with Gasteiger partial charge < -0.3 is 10.2 Å². The number of rotatable bonds is 12. The molecule has 7 nitrogen and oxygen atoms in total. The first-order chi connectivity index (χ1) is 18.5. The number of hydrogen-bond acceptors (Lipinski definition) is 4. The minimum absolute atomic E-state index is 0.00520. The molecule has 208 valence electrons. The smallest absolute Gasteiger partial charge is 0.264 e. The van der Waals surface area contributed by atoms with Crippen molar-refractivity contribution in [1.82, 2.24) is 10.2 Å². The highest BCUT2D eigenvalue weighted by atomic mass is 35.5. The fraction of sp³-hybridized carbons (Fsp3) is 0.310. The molecule has 0 aliphatic rings. The monoisotopic (exact) mass is 573 g/mol. The Labute approximate surface area is 234 Å². The fourth-order valence-corrected chi connectivity index (χ4v) is 5.64. The van der Waals surface area contributed by atoms with Crippen LogP contribution in [0, 0.1) is 11.7 Å². The summed E-state index contributed by atoms with van der Waals surface area (Å²) in [5.41, 5.74) is 0.727. The number of hydrogen-bond donors (Lipinski definition) is 1. The van der Waals surface area contributed by atoms with E-state index in [0.29, 0.717) is 23.6 Å². The second kappa shape index (κ2) is 13.6. The number of carbonyl (C=O) groups excluding carboxylic acids is 2. The summed E-state index contributed by atoms with van der Waals surface area (Å²) in [7, 11) is -4.21. The third kappa shape index (κ3) is 7.80. The van der Waals surface area contributed by atoms with E-state index in [-0.39, 0.29) is 29.0 Å². The zero-order valence-electron chi connectivity index (χ0n) is 22.2. The summed E-state index contributed by atoms with van der Waals surface area (Å²) in [6.07, 6.45) is 0.294. The van der Waals surface area contributed by atoms with Crippen LogP contribution < -0.4 is 9.62 Å². The third-order valence-electron chi connectivity index (χ3n) is 6.09. The minimum Gasteiger partial charge on any atom is -0.354 e. The predicted octanol–water partition coefficient (Wildman–Crippen LogP) is 5.25. The average Bonchev–Trinajstić information content (AvgIpc) is 2.92. The van der Waals surface area contributed by atoms with Crippen LogP contribution in [0.1, 0.15) is 32.8 Å². The van der Waals surface area contributed by atoms with Crippen LogP contribution in [0.15, 0.2) is 83.8 Å². The molecule has 0 aliphatic carbocycles. The van der Waals surface area contributed by atoms with Gasteiger partial charge in [-0.3, -0.25) is 13.9 Å². The van der Waals surface area contributed by atoms with E-state index in [4.69, 9.17) is 11.6 Å². The van der Waals surface area contributed by atoms with Crippen molar-refractivity contribution >= 4 is 39.1 Å². The van der Waals surface area contributed by atoms with Crippen LogP contribution in [0.25, 0.3) is 0 Å². The highest BCUT2D eigenvalue weighted by Crippen LogP contribution is 2.26. The van der Waals surface area contributed by atoms with Crippen molar-refractivity contribution in [3.63, 3.8) is 0 Å². The van der Waals surface area contributed by atoms with Gasteiger partial charge in [-0.2, -0.15) is 0 Å². The standard InChI is InChI=1S/C29H33ClFN3O4S/c1-4-27(29(36)32-18-21(2)3)33(19-22-10-8-9-13-26(22)30)28(35)20-34(24-16-14-23(31)15-17-24)39(37,38)25-11-6-5-7-12-25/h5-17,21,27H,4,18-20H2,1-3H3,(H,32,36). The van der Waals surface area contributed by atoms with Gasteiger partial charge in [-0.05, 0) is 60.4 Å². The summed E-state index contributed by atoms with van der Waals surface area (Å²) in [6.45, 7) is 5.51. The summed E-state index contributed by atoms with van der Waals surface area (Å²) in [6, 6.07) is 18.6. The van der Waals surface area contributed by atoms with E-state index in [1.807, 2.05) is 13.8 Å². The van der Waals surface area contributed by atoms with Crippen LogP contribution in [-0.2, 0) is 26.2 Å². The zero-order valence-corrected chi connectivity index (χ0v) is 23.8. The molecule has 39 heavy (non-hydrogen) atoms. The Morgan fingerprint density at radius 3 is 2.15 bits per heavy atom. The molecule has 3 aromatic rings. The van der Waals surface area contributed by atoms with Gasteiger partial charge in [-0.15, -0.1) is 0 Å². The van der Waals surface area contributed by atoms with Crippen molar-refractivity contribution in [3.05, 3.63) is 95.3 Å². The van der Waals surface area contributed by atoms with Crippen LogP contribution in [0.5, 0.6) is 0 Å². The Morgan fingerprint density at radius 1 is 0.949 bits per heavy atom. The Bertz CT molecular complexity index is 1370. The number of carbonyl (C=O) groups is 2. The molecule has 3 rings (SSSR count). The molecule has 3 aromatic carbocycles. The van der Waals surface area contributed by atoms with Crippen LogP contribution in [-0.4, -0.2) is 44.3 Å². The molecule has 0 heterocycles. The van der Waals surface area contributed by atoms with Crippen molar-refractivity contribution in [2.24, 2.45) is 5.92 Å². The molecule has 10 heteroatoms. The molecule has 0 saturated heterocycles. The normalized spacial score (nSPS) is 12.2. The minimum atomic E-state index is -4.21. The summed E-state index contributed by atoms with van der Waals surface area (Å²) >= 11 is 6.39. The maximum atomic E-state index is 14.0. The zero-order chi connectivity index (χ0) is 28.6. The first kappa shape index (κ1) is 30.1. The molecular weight excluding hydrogens is 541 g/mol. The van der Waals surface area contributed by atoms with Gasteiger partial charge in [0, 0.05) is 18.1 Å². The van der Waals surface area contributed by atoms with E-state index in [0.717, 1.165) is 16.4 Å². The lowest BCUT2D eigenvalue weighted by Gasteiger charge is -2.33. The number of amides is 2. The maximum absolute atomic E-state index is 14.0. The SMILES string of the molecule is CCC(C(=O)NCC(C)C)N(Cc1ccccc1Cl)C(=O)CN(c1ccc(F)cc1)S(=O)(=O)c1ccccc1. The predicted molar refractivity (Wildman–Crippen MR) is 151 cm³/mol. The average molecular weight is 574 g/mol. The topological polar surface area (TPSA) is 86.8 Å². The summed E-state index contributed by atoms with van der Waals surface area (Å²) < 4.78 is 42.0. The number of nitrogens with one attached hydrogen (secondary N) is 1. The van der Waals surface area contributed by atoms with Crippen LogP contribution >= 0.6 is 11.6 Å². The van der Waals surface area contributed by atoms with Gasteiger partial charge in [0.25, 0.3) is 10.0 Å². The Balaban J connectivity index is 2.04. The van der Waals surface area contributed by atoms with Crippen molar-refractivity contribution < 1.29 is 22.4 Å². The van der Waals surface area contributed by atoms with Crippen LogP contribution in [0.4, 0.5) is 10.1 Å². The van der Waals surface area contributed by atoms with E-state index < -0.39 is 34.3 Å². The summed E-state index contributed by atoms with van der Waals surface area (Å²) in [4.78, 5) is 28.5. The first-order valence-electron chi connectivity index (χ1n) is 12.7. The second-order valence-electron chi connectivity index (χ2n) is 9.48. The van der Waals surface area contributed by atoms with Crippen LogP contribution in [0.2, 0.25) is 5.02 Å². The molecule has 0 fully saturated rings. The number of benzene rings is 3. The van der Waals surface area contributed by atoms with Gasteiger partial charge in [0.15, 0.2) is 0 Å². The van der Waals surface area contributed by atoms with E-state index in [9.17, 15) is 22.4 Å². The van der Waals surface area contributed by atoms with Gasteiger partial charge in [-0.25, -0.2) is 12.8 Å². The molecule has 1 unspecified atom stereocenters. The number of halogens is 2. The van der Waals surface area contributed by atoms with E-state index in [1.165, 1.54) is 29.2 Å². The molecule has 0 saturated carbocycles. The second-order valence-corrected chi connectivity index (χ2v) is 11.7. The molecular formula is C29H33ClFN3O4S. The van der Waals surface area contributed by atoms with Gasteiger partial charge in [0.2, 0.25) is 11.8 Å². The van der Waals surface area contributed by atoms with Crippen molar-refractivity contribution in [2.75, 3.05) is 17.4 Å². The molecule has 0 aliphatic heterocycles. The molecule has 0 spiro atoms. The molecule has 0 aromatic heterocycles. The largest absolute Gasteiger partial charge is 0.354 e. The fourth-order valence-electron chi connectivity index (χ4n) is 4.01. The van der Waals surface area contributed by atoms with Gasteiger partial charge in [0.05, 0.1) is 10.6 Å². The van der Waals surface area contributed by atoms with Crippen molar-refractivity contribution in [1.29, 1.82) is 0 Å². The lowest BCUT2D eigenvalue weighted by atomic mass is 10.1. The lowest BCUT2D eigenvalue weighted by molar-refractivity contribution is -0.140. The maximum Gasteiger partial charge on any atom is 0.264 e. The van der Waals surface area contributed by atoms with Crippen LogP contribution in [0.3, 0.4) is 0 Å². The third-order valence-corrected chi connectivity index (χ3v) is 8.25. The first-order valence-corrected chi connectivity index (χ1v) is 14.5. The van der Waals surface area contributed by atoms with E-state index >= 15 is 0 Å². The Kier molecular flexibility index (Phi) is 10.5. The summed E-state index contributed by atoms with van der Waals surface area (Å²) in [5.74, 6) is -1.30. The number of anilines is 1. The molecule has 2 amide bonds. The van der Waals surface area contributed by atoms with E-state index in [2.05, 4.69) is 5.32 Å². The molecule has 1 atom stereocenters. The quantitative estimate of drug-likeness (QED) is 0.320. The Morgan fingerprint density at radius 2 is 1.56 bits per heavy atom. The summed E-state index contributed by atoms with van der Waals surface area (Å²) in [5, 5.41) is 3.29. The molecule has 0 radical (unpaired) electrons. The van der Waals surface area contributed by atoms with Gasteiger partial charge in [-0.1, -0.05) is 68.8 Å². The van der Waals surface area contributed by atoms with Gasteiger partial charge >= 0.3 is 0 Å². The molecule has 0 bridgehead atoms. The van der Waals surface area contributed by atoms with Gasteiger partial charge in [0.1, 0.15) is 18.4 Å². The number of nitrogens with zero attached hydrogens (tertiary/aromatic N) is 2. The van der Waals surface area contributed by atoms with E-state index in [1.54, 1.807) is 49.4 Å². The van der Waals surface area contributed by atoms with Crippen molar-refractivity contribution in [3.8, 4) is 0 Å². The highest BCUT2D eigenvalue weighted by Gasteiger charge is 2.34. The molecule has 1 N–H and O–H groups in total. The lowest BCUT2D eigenvalue weighted by Crippen LogP contribution is -2.52.